The molecule has 0 saturated heterocycles. The van der Waals surface area contributed by atoms with E-state index in [2.05, 4.69) is 35.1 Å². The van der Waals surface area contributed by atoms with Crippen LogP contribution in [0.3, 0.4) is 0 Å². The fourth-order valence-corrected chi connectivity index (χ4v) is 2.06. The van der Waals surface area contributed by atoms with Gasteiger partial charge in [-0.25, -0.2) is 4.98 Å². The number of hydrogen-bond acceptors (Lipinski definition) is 5. The van der Waals surface area contributed by atoms with Crippen LogP contribution in [0.15, 0.2) is 30.5 Å². The quantitative estimate of drug-likeness (QED) is 0.902. The van der Waals surface area contributed by atoms with Crippen LogP contribution in [0.5, 0.6) is 11.8 Å². The Bertz CT molecular complexity index is 587. The maximum absolute atomic E-state index is 6.22. The number of nitrogens with two attached hydrogens (primary N) is 1. The lowest BCUT2D eigenvalue weighted by Gasteiger charge is -2.14. The predicted octanol–water partition coefficient (Wildman–Crippen LogP) is 2.04. The molecule has 1 heterocycles. The normalized spacial score (nSPS) is 12.0. The van der Waals surface area contributed by atoms with Gasteiger partial charge in [0.05, 0.1) is 26.5 Å². The third-order valence-corrected chi connectivity index (χ3v) is 3.04. The number of aryl methyl sites for hydroxylation is 1. The first-order valence-corrected chi connectivity index (χ1v) is 6.40. The van der Waals surface area contributed by atoms with E-state index in [1.165, 1.54) is 12.7 Å². The summed E-state index contributed by atoms with van der Waals surface area (Å²) in [5.74, 6) is 0.817. The second-order valence-corrected chi connectivity index (χ2v) is 4.61. The van der Waals surface area contributed by atoms with Gasteiger partial charge in [0.15, 0.2) is 0 Å². The van der Waals surface area contributed by atoms with Crippen LogP contribution in [0.1, 0.15) is 22.9 Å². The molecule has 0 amide bonds. The number of rotatable bonds is 5. The van der Waals surface area contributed by atoms with Crippen molar-refractivity contribution in [2.45, 2.75) is 19.4 Å². The minimum Gasteiger partial charge on any atom is -0.480 e. The molecule has 5 nitrogen and oxygen atoms in total. The summed E-state index contributed by atoms with van der Waals surface area (Å²) in [6.07, 6.45) is 2.23. The van der Waals surface area contributed by atoms with E-state index in [1.807, 2.05) is 6.07 Å². The molecular weight excluding hydrogens is 254 g/mol. The van der Waals surface area contributed by atoms with Crippen LogP contribution in [-0.2, 0) is 6.42 Å². The lowest BCUT2D eigenvalue weighted by molar-refractivity contribution is 0.353. The molecular formula is C15H19N3O2. The van der Waals surface area contributed by atoms with Crippen molar-refractivity contribution in [3.05, 3.63) is 47.3 Å². The molecule has 0 radical (unpaired) electrons. The SMILES string of the molecule is COc1cnc(C(N)Cc2cccc(C)c2)c(OC)n1. The number of methoxy groups -OCH3 is 2. The van der Waals surface area contributed by atoms with Crippen LogP contribution in [0, 0.1) is 6.92 Å². The summed E-state index contributed by atoms with van der Waals surface area (Å²) in [6, 6.07) is 7.97. The van der Waals surface area contributed by atoms with Gasteiger partial charge in [0.25, 0.3) is 0 Å². The second kappa shape index (κ2) is 6.34. The molecule has 20 heavy (non-hydrogen) atoms. The van der Waals surface area contributed by atoms with Gasteiger partial charge in [-0.05, 0) is 18.9 Å². The Balaban J connectivity index is 2.22. The second-order valence-electron chi connectivity index (χ2n) is 4.61. The van der Waals surface area contributed by atoms with Crippen molar-refractivity contribution in [2.24, 2.45) is 5.73 Å². The fraction of sp³-hybridized carbons (Fsp3) is 0.333. The van der Waals surface area contributed by atoms with Crippen molar-refractivity contribution < 1.29 is 9.47 Å². The summed E-state index contributed by atoms with van der Waals surface area (Å²) in [4.78, 5) is 8.50. The molecule has 0 bridgehead atoms. The molecule has 1 atom stereocenters. The topological polar surface area (TPSA) is 70.3 Å². The average molecular weight is 273 g/mol. The molecule has 5 heteroatoms. The Hall–Kier alpha value is -2.14. The Morgan fingerprint density at radius 1 is 1.25 bits per heavy atom. The fourth-order valence-electron chi connectivity index (χ4n) is 2.06. The van der Waals surface area contributed by atoms with Gasteiger partial charge in [0.2, 0.25) is 11.8 Å². The molecule has 0 aliphatic heterocycles. The Kier molecular flexibility index (Phi) is 4.53. The third-order valence-electron chi connectivity index (χ3n) is 3.04. The third kappa shape index (κ3) is 3.24. The highest BCUT2D eigenvalue weighted by molar-refractivity contribution is 5.29. The molecule has 1 unspecified atom stereocenters. The summed E-state index contributed by atoms with van der Waals surface area (Å²) in [5, 5.41) is 0. The maximum atomic E-state index is 6.22. The number of ether oxygens (including phenoxy) is 2. The molecule has 1 aromatic carbocycles. The van der Waals surface area contributed by atoms with E-state index in [4.69, 9.17) is 15.2 Å². The van der Waals surface area contributed by atoms with Crippen molar-refractivity contribution in [3.8, 4) is 11.8 Å². The average Bonchev–Trinajstić information content (AvgIpc) is 2.46. The Morgan fingerprint density at radius 3 is 2.70 bits per heavy atom. The number of hydrogen-bond donors (Lipinski definition) is 1. The van der Waals surface area contributed by atoms with Crippen molar-refractivity contribution in [1.82, 2.24) is 9.97 Å². The minimum atomic E-state index is -0.273. The smallest absolute Gasteiger partial charge is 0.240 e. The molecule has 0 aliphatic rings. The first-order chi connectivity index (χ1) is 9.63. The van der Waals surface area contributed by atoms with E-state index in [0.717, 1.165) is 5.56 Å². The van der Waals surface area contributed by atoms with E-state index >= 15 is 0 Å². The van der Waals surface area contributed by atoms with Gasteiger partial charge in [0.1, 0.15) is 5.69 Å². The molecule has 0 fully saturated rings. The monoisotopic (exact) mass is 273 g/mol. The van der Waals surface area contributed by atoms with Crippen LogP contribution in [0.2, 0.25) is 0 Å². The summed E-state index contributed by atoms with van der Waals surface area (Å²) < 4.78 is 10.3. The van der Waals surface area contributed by atoms with Crippen molar-refractivity contribution in [1.29, 1.82) is 0 Å². The molecule has 2 rings (SSSR count). The molecule has 0 saturated carbocycles. The lowest BCUT2D eigenvalue weighted by Crippen LogP contribution is -2.17. The van der Waals surface area contributed by atoms with Gasteiger partial charge in [-0.3, -0.25) is 0 Å². The maximum Gasteiger partial charge on any atom is 0.240 e. The first-order valence-electron chi connectivity index (χ1n) is 6.40. The summed E-state index contributed by atoms with van der Waals surface area (Å²) in [7, 11) is 3.09. The van der Waals surface area contributed by atoms with E-state index in [1.54, 1.807) is 13.3 Å². The molecule has 0 spiro atoms. The minimum absolute atomic E-state index is 0.273. The van der Waals surface area contributed by atoms with E-state index in [9.17, 15) is 0 Å². The summed E-state index contributed by atoms with van der Waals surface area (Å²) in [5.41, 5.74) is 9.23. The van der Waals surface area contributed by atoms with Gasteiger partial charge >= 0.3 is 0 Å². The molecule has 106 valence electrons. The van der Waals surface area contributed by atoms with Gasteiger partial charge in [-0.2, -0.15) is 4.98 Å². The Labute approximate surface area is 118 Å². The van der Waals surface area contributed by atoms with Gasteiger partial charge < -0.3 is 15.2 Å². The number of benzene rings is 1. The number of aromatic nitrogens is 2. The van der Waals surface area contributed by atoms with Gasteiger partial charge in [-0.15, -0.1) is 0 Å². The van der Waals surface area contributed by atoms with E-state index in [0.29, 0.717) is 23.9 Å². The largest absolute Gasteiger partial charge is 0.480 e. The van der Waals surface area contributed by atoms with Crippen molar-refractivity contribution in [2.75, 3.05) is 14.2 Å². The van der Waals surface area contributed by atoms with Crippen LogP contribution >= 0.6 is 0 Å². The summed E-state index contributed by atoms with van der Waals surface area (Å²) >= 11 is 0. The molecule has 2 N–H and O–H groups in total. The zero-order valence-electron chi connectivity index (χ0n) is 12.0. The highest BCUT2D eigenvalue weighted by atomic mass is 16.5. The van der Waals surface area contributed by atoms with Crippen LogP contribution in [0.25, 0.3) is 0 Å². The lowest BCUT2D eigenvalue weighted by atomic mass is 10.0. The molecule has 1 aromatic heterocycles. The van der Waals surface area contributed by atoms with Crippen LogP contribution in [-0.4, -0.2) is 24.2 Å². The Morgan fingerprint density at radius 2 is 2.05 bits per heavy atom. The molecule has 2 aromatic rings. The molecule has 0 aliphatic carbocycles. The van der Waals surface area contributed by atoms with Crippen LogP contribution in [0.4, 0.5) is 0 Å². The predicted molar refractivity (Wildman–Crippen MR) is 76.9 cm³/mol. The van der Waals surface area contributed by atoms with E-state index in [-0.39, 0.29) is 6.04 Å². The zero-order valence-corrected chi connectivity index (χ0v) is 12.0. The highest BCUT2D eigenvalue weighted by Crippen LogP contribution is 2.24. The van der Waals surface area contributed by atoms with E-state index < -0.39 is 0 Å². The zero-order chi connectivity index (χ0) is 14.5. The van der Waals surface area contributed by atoms with Crippen molar-refractivity contribution >= 4 is 0 Å². The first kappa shape index (κ1) is 14.3. The van der Waals surface area contributed by atoms with Crippen LogP contribution < -0.4 is 15.2 Å². The standard InChI is InChI=1S/C15H19N3O2/c1-10-5-4-6-11(7-10)8-12(16)14-15(20-3)18-13(19-2)9-17-14/h4-7,9,12H,8,16H2,1-3H3. The van der Waals surface area contributed by atoms with Gasteiger partial charge in [-0.1, -0.05) is 29.8 Å². The summed E-state index contributed by atoms with van der Waals surface area (Å²) in [6.45, 7) is 2.06. The number of nitrogens with zero attached hydrogens (tertiary/aromatic N) is 2. The van der Waals surface area contributed by atoms with Gasteiger partial charge in [0, 0.05) is 0 Å². The highest BCUT2D eigenvalue weighted by Gasteiger charge is 2.16. The van der Waals surface area contributed by atoms with Crippen molar-refractivity contribution in [3.63, 3.8) is 0 Å².